The number of sulfonamides is 1. The van der Waals surface area contributed by atoms with Crippen molar-refractivity contribution in [1.29, 1.82) is 0 Å². The summed E-state index contributed by atoms with van der Waals surface area (Å²) >= 11 is 0. The zero-order valence-corrected chi connectivity index (χ0v) is 18.1. The first-order valence-corrected chi connectivity index (χ1v) is 11.7. The van der Waals surface area contributed by atoms with Crippen molar-refractivity contribution in [2.45, 2.75) is 36.9 Å². The van der Waals surface area contributed by atoms with E-state index in [4.69, 9.17) is 0 Å². The molecule has 4 bridgehead atoms. The van der Waals surface area contributed by atoms with Crippen LogP contribution in [0.3, 0.4) is 0 Å². The Bertz CT molecular complexity index is 1280. The molecule has 6 nitrogen and oxygen atoms in total. The lowest BCUT2D eigenvalue weighted by atomic mass is 9.96. The van der Waals surface area contributed by atoms with E-state index in [1.54, 1.807) is 6.07 Å². The van der Waals surface area contributed by atoms with E-state index in [1.165, 1.54) is 24.3 Å². The fourth-order valence-corrected chi connectivity index (χ4v) is 4.59. The second kappa shape index (κ2) is 8.97. The molecule has 0 aliphatic carbocycles. The zero-order valence-electron chi connectivity index (χ0n) is 17.3. The van der Waals surface area contributed by atoms with Gasteiger partial charge >= 0.3 is 6.18 Å². The topological polar surface area (TPSA) is 84.0 Å². The molecule has 0 amide bonds. The van der Waals surface area contributed by atoms with E-state index in [0.29, 0.717) is 30.8 Å². The number of anilines is 2. The van der Waals surface area contributed by atoms with Gasteiger partial charge in [0.05, 0.1) is 11.3 Å². The Balaban J connectivity index is 1.89. The van der Waals surface area contributed by atoms with Crippen LogP contribution >= 0.6 is 0 Å². The summed E-state index contributed by atoms with van der Waals surface area (Å²) in [7, 11) is -4.24. The molecular formula is C22H20F4N4O2S. The van der Waals surface area contributed by atoms with Gasteiger partial charge in [0.15, 0.2) is 5.03 Å². The number of aryl methyl sites for hydroxylation is 1. The van der Waals surface area contributed by atoms with Crippen molar-refractivity contribution in [3.63, 3.8) is 0 Å². The molecule has 0 fully saturated rings. The van der Waals surface area contributed by atoms with Gasteiger partial charge in [-0.1, -0.05) is 18.6 Å². The number of aromatic nitrogens is 2. The Morgan fingerprint density at radius 2 is 1.73 bits per heavy atom. The van der Waals surface area contributed by atoms with E-state index in [1.807, 2.05) is 0 Å². The normalized spacial score (nSPS) is 16.2. The molecule has 33 heavy (non-hydrogen) atoms. The number of fused-ring (bicyclic) bond motifs is 6. The zero-order chi connectivity index (χ0) is 23.6. The molecule has 2 aromatic heterocycles. The largest absolute Gasteiger partial charge is 0.418 e. The number of nitrogens with zero attached hydrogens (tertiary/aromatic N) is 2. The lowest BCUT2D eigenvalue weighted by molar-refractivity contribution is -0.137. The van der Waals surface area contributed by atoms with Crippen LogP contribution in [0.5, 0.6) is 0 Å². The second-order valence-electron chi connectivity index (χ2n) is 7.60. The molecule has 0 saturated heterocycles. The number of nitrogens with one attached hydrogen (secondary N) is 2. The molecule has 11 heteroatoms. The number of hydrogen-bond acceptors (Lipinski definition) is 5. The van der Waals surface area contributed by atoms with Crippen molar-refractivity contribution in [1.82, 2.24) is 9.97 Å². The predicted molar refractivity (Wildman–Crippen MR) is 116 cm³/mol. The van der Waals surface area contributed by atoms with Gasteiger partial charge in [0.25, 0.3) is 10.0 Å². The van der Waals surface area contributed by atoms with E-state index in [2.05, 4.69) is 20.0 Å². The molecule has 174 valence electrons. The number of rotatable bonds is 0. The average Bonchev–Trinajstić information content (AvgIpc) is 2.75. The maximum Gasteiger partial charge on any atom is 0.418 e. The van der Waals surface area contributed by atoms with Crippen molar-refractivity contribution < 1.29 is 26.0 Å². The number of alkyl halides is 3. The SMILES string of the molecule is O=S1(=O)Nc2ccc(C(F)(F)F)c(n2)-c2cc(F)ccc2CCCCCNc2cccc1n2. The molecule has 2 N–H and O–H groups in total. The van der Waals surface area contributed by atoms with Crippen LogP contribution < -0.4 is 10.0 Å². The molecule has 0 saturated carbocycles. The molecule has 1 aliphatic heterocycles. The van der Waals surface area contributed by atoms with Crippen molar-refractivity contribution >= 4 is 21.7 Å². The summed E-state index contributed by atoms with van der Waals surface area (Å²) in [4.78, 5) is 8.05. The van der Waals surface area contributed by atoms with Crippen LogP contribution in [0.4, 0.5) is 29.2 Å². The molecule has 0 spiro atoms. The molecule has 0 atom stereocenters. The Hall–Kier alpha value is -3.21. The number of benzene rings is 1. The van der Waals surface area contributed by atoms with Gasteiger partial charge in [-0.3, -0.25) is 4.72 Å². The predicted octanol–water partition coefficient (Wildman–Crippen LogP) is 5.24. The van der Waals surface area contributed by atoms with Crippen LogP contribution in [0.2, 0.25) is 0 Å². The first-order chi connectivity index (χ1) is 15.6. The molecule has 3 aromatic rings. The lowest BCUT2D eigenvalue weighted by Gasteiger charge is -2.17. The fraction of sp³-hybridized carbons (Fsp3) is 0.273. The third-order valence-electron chi connectivity index (χ3n) is 5.19. The van der Waals surface area contributed by atoms with Crippen molar-refractivity contribution in [3.8, 4) is 11.3 Å². The van der Waals surface area contributed by atoms with Crippen molar-refractivity contribution in [2.24, 2.45) is 0 Å². The van der Waals surface area contributed by atoms with Gasteiger partial charge in [-0.15, -0.1) is 0 Å². The summed E-state index contributed by atoms with van der Waals surface area (Å²) in [6.45, 7) is 0.541. The molecular weight excluding hydrogens is 460 g/mol. The van der Waals surface area contributed by atoms with Crippen LogP contribution in [0, 0.1) is 5.82 Å². The first kappa shape index (κ1) is 23.0. The maximum atomic E-state index is 14.1. The number of halogens is 4. The number of pyridine rings is 2. The summed E-state index contributed by atoms with van der Waals surface area (Å²) in [6.07, 6.45) is -2.20. The summed E-state index contributed by atoms with van der Waals surface area (Å²) in [6, 6.07) is 9.71. The third kappa shape index (κ3) is 5.24. The van der Waals surface area contributed by atoms with Crippen LogP contribution in [0.15, 0.2) is 53.6 Å². The van der Waals surface area contributed by atoms with E-state index in [-0.39, 0.29) is 16.4 Å². The minimum Gasteiger partial charge on any atom is -0.370 e. The van der Waals surface area contributed by atoms with Crippen LogP contribution in [0.1, 0.15) is 30.4 Å². The summed E-state index contributed by atoms with van der Waals surface area (Å²) < 4.78 is 83.2. The average molecular weight is 480 g/mol. The van der Waals surface area contributed by atoms with E-state index < -0.39 is 33.3 Å². The quantitative estimate of drug-likeness (QED) is 0.430. The van der Waals surface area contributed by atoms with E-state index in [9.17, 15) is 26.0 Å². The highest BCUT2D eigenvalue weighted by Gasteiger charge is 2.35. The van der Waals surface area contributed by atoms with Crippen molar-refractivity contribution in [2.75, 3.05) is 16.6 Å². The third-order valence-corrected chi connectivity index (χ3v) is 6.45. The Labute approximate surface area is 188 Å². The number of hydrogen-bond donors (Lipinski definition) is 2. The highest BCUT2D eigenvalue weighted by Crippen LogP contribution is 2.38. The van der Waals surface area contributed by atoms with E-state index in [0.717, 1.165) is 31.0 Å². The summed E-state index contributed by atoms with van der Waals surface area (Å²) in [5.74, 6) is -0.679. The monoisotopic (exact) mass is 480 g/mol. The standard InChI is InChI=1S/C22H20F4N4O2S/c23-15-9-8-14-5-2-1-3-12-27-18-6-4-7-20(28-18)33(31,32)30-19-11-10-17(22(24,25)26)21(29-19)16(14)13-15/h4,6-11,13H,1-3,5,12H2,(H,27,28)(H,29,30). The van der Waals surface area contributed by atoms with Gasteiger partial charge in [0.1, 0.15) is 17.5 Å². The van der Waals surface area contributed by atoms with Crippen molar-refractivity contribution in [3.05, 3.63) is 65.5 Å². The maximum absolute atomic E-state index is 14.1. The van der Waals surface area contributed by atoms with Crippen LogP contribution in [-0.4, -0.2) is 24.9 Å². The Morgan fingerprint density at radius 3 is 2.52 bits per heavy atom. The van der Waals surface area contributed by atoms with Gasteiger partial charge in [-0.2, -0.15) is 21.6 Å². The molecule has 3 heterocycles. The van der Waals surface area contributed by atoms with Gasteiger partial charge in [-0.05, 0) is 61.2 Å². The summed E-state index contributed by atoms with van der Waals surface area (Å²) in [5.41, 5.74) is -1.13. The Kier molecular flexibility index (Phi) is 6.24. The van der Waals surface area contributed by atoms with Gasteiger partial charge in [-0.25, -0.2) is 14.4 Å². The summed E-state index contributed by atoms with van der Waals surface area (Å²) in [5, 5.41) is 2.76. The second-order valence-corrected chi connectivity index (χ2v) is 9.23. The van der Waals surface area contributed by atoms with E-state index >= 15 is 0 Å². The molecule has 1 aliphatic rings. The lowest BCUT2D eigenvalue weighted by Crippen LogP contribution is -2.18. The van der Waals surface area contributed by atoms with Gasteiger partial charge in [0, 0.05) is 12.1 Å². The minimum absolute atomic E-state index is 0.0197. The highest BCUT2D eigenvalue weighted by molar-refractivity contribution is 7.92. The minimum atomic E-state index is -4.77. The molecule has 4 rings (SSSR count). The smallest absolute Gasteiger partial charge is 0.370 e. The molecule has 0 radical (unpaired) electrons. The first-order valence-electron chi connectivity index (χ1n) is 10.2. The van der Waals surface area contributed by atoms with Crippen LogP contribution in [-0.2, 0) is 22.6 Å². The fourth-order valence-electron chi connectivity index (χ4n) is 3.62. The highest BCUT2D eigenvalue weighted by atomic mass is 32.2. The van der Waals surface area contributed by atoms with Gasteiger partial charge in [0.2, 0.25) is 0 Å². The van der Waals surface area contributed by atoms with Crippen LogP contribution in [0.25, 0.3) is 11.3 Å². The van der Waals surface area contributed by atoms with Gasteiger partial charge < -0.3 is 5.32 Å². The Morgan fingerprint density at radius 1 is 0.909 bits per heavy atom. The molecule has 1 aromatic carbocycles. The molecule has 0 unspecified atom stereocenters.